The number of carbonyl (C=O) groups is 5. The lowest BCUT2D eigenvalue weighted by atomic mass is 10.0. The molecule has 5 heterocycles. The number of halogens is 3. The molecule has 3 unspecified atom stereocenters. The predicted molar refractivity (Wildman–Crippen MR) is 197 cm³/mol. The fourth-order valence-corrected chi connectivity index (χ4v) is 8.89. The van der Waals surface area contributed by atoms with Crippen LogP contribution < -0.4 is 20.4 Å². The van der Waals surface area contributed by atoms with E-state index in [2.05, 4.69) is 35.3 Å². The zero-order valence-corrected chi connectivity index (χ0v) is 30.8. The van der Waals surface area contributed by atoms with Gasteiger partial charge in [0.25, 0.3) is 17.7 Å². The van der Waals surface area contributed by atoms with Gasteiger partial charge in [-0.2, -0.15) is 18.3 Å². The number of nitrogens with one attached hydrogen (secondary N) is 2. The molecule has 0 radical (unpaired) electrons. The Morgan fingerprint density at radius 3 is 2.27 bits per heavy atom. The van der Waals surface area contributed by atoms with Crippen molar-refractivity contribution in [2.75, 3.05) is 54.4 Å². The van der Waals surface area contributed by atoms with Crippen LogP contribution in [0.3, 0.4) is 0 Å². The summed E-state index contributed by atoms with van der Waals surface area (Å²) < 4.78 is 42.0. The average Bonchev–Trinajstić information content (AvgIpc) is 3.95. The molecule has 1 aromatic heterocycles. The third-order valence-electron chi connectivity index (χ3n) is 12.1. The van der Waals surface area contributed by atoms with Crippen LogP contribution in [0.25, 0.3) is 4.85 Å². The second-order valence-corrected chi connectivity index (χ2v) is 15.7. The smallest absolute Gasteiger partial charge is 0.369 e. The Balaban J connectivity index is 0.840. The summed E-state index contributed by atoms with van der Waals surface area (Å²) in [5.41, 5.74) is -0.660. The van der Waals surface area contributed by atoms with E-state index in [-0.39, 0.29) is 29.7 Å². The number of carbonyl (C=O) groups excluding carboxylic acids is 5. The number of anilines is 3. The Hall–Kier alpha value is -5.76. The van der Waals surface area contributed by atoms with E-state index in [9.17, 15) is 37.1 Å². The van der Waals surface area contributed by atoms with Gasteiger partial charge in [-0.3, -0.25) is 43.8 Å². The van der Waals surface area contributed by atoms with E-state index in [1.165, 1.54) is 10.7 Å². The average molecular weight is 772 g/mol. The van der Waals surface area contributed by atoms with Crippen LogP contribution in [0.5, 0.6) is 0 Å². The molecule has 1 saturated carbocycles. The lowest BCUT2D eigenvalue weighted by molar-refractivity contribution is -0.137. The highest BCUT2D eigenvalue weighted by Gasteiger charge is 2.46. The minimum Gasteiger partial charge on any atom is -0.369 e. The van der Waals surface area contributed by atoms with Crippen molar-refractivity contribution >= 4 is 52.3 Å². The first-order chi connectivity index (χ1) is 26.6. The molecule has 0 bridgehead atoms. The predicted octanol–water partition coefficient (Wildman–Crippen LogP) is 4.26. The number of hydrogen-bond acceptors (Lipinski definition) is 9. The summed E-state index contributed by atoms with van der Waals surface area (Å²) in [5, 5.41) is 9.25. The zero-order valence-electron chi connectivity index (χ0n) is 30.8. The minimum absolute atomic E-state index is 0.0592. The molecular formula is C39H40F3N9O5. The van der Waals surface area contributed by atoms with Crippen LogP contribution in [0.15, 0.2) is 48.8 Å². The zero-order chi connectivity index (χ0) is 39.7. The first-order valence-corrected chi connectivity index (χ1v) is 18.7. The van der Waals surface area contributed by atoms with Crippen LogP contribution in [0, 0.1) is 18.4 Å². The summed E-state index contributed by atoms with van der Waals surface area (Å²) in [7, 11) is 0. The molecule has 3 aromatic rings. The molecule has 1 aliphatic carbocycles. The van der Waals surface area contributed by atoms with Crippen LogP contribution in [0.1, 0.15) is 65.8 Å². The highest BCUT2D eigenvalue weighted by Crippen LogP contribution is 2.43. The van der Waals surface area contributed by atoms with Gasteiger partial charge in [0.05, 0.1) is 35.1 Å². The number of aromatic nitrogens is 2. The molecule has 2 aromatic carbocycles. The molecule has 14 nitrogen and oxygen atoms in total. The summed E-state index contributed by atoms with van der Waals surface area (Å²) in [6.45, 7) is 15.2. The molecule has 4 fully saturated rings. The standard InChI is InChI=1S/C39H40F3N9O5/c1-38(2,37(56)45-24-4-7-31(43-3)30(16-24)39(40,41)42)50-21-27(18-44-50)49-19-22-14-26(15-23(22)20-49)48-12-10-47(11-13-48)25-5-6-28-29(17-25)36(55)51(35(28)54)32-8-9-33(52)46-34(32)53/h4-7,16-18,21-23,26,32H,8-15,19-20H2,1-2H3,(H,45,56)(H,46,52,53). The summed E-state index contributed by atoms with van der Waals surface area (Å²) in [6, 6.07) is 7.79. The maximum Gasteiger partial charge on any atom is 0.407 e. The lowest BCUT2D eigenvalue weighted by Crippen LogP contribution is -2.54. The fourth-order valence-electron chi connectivity index (χ4n) is 8.89. The minimum atomic E-state index is -4.74. The molecule has 3 saturated heterocycles. The van der Waals surface area contributed by atoms with Gasteiger partial charge in [0.15, 0.2) is 5.69 Å². The van der Waals surface area contributed by atoms with Gasteiger partial charge in [-0.25, -0.2) is 4.85 Å². The Morgan fingerprint density at radius 2 is 1.61 bits per heavy atom. The van der Waals surface area contributed by atoms with Crippen molar-refractivity contribution in [3.05, 3.63) is 76.9 Å². The van der Waals surface area contributed by atoms with Gasteiger partial charge in [0, 0.05) is 69.3 Å². The Labute approximate surface area is 320 Å². The monoisotopic (exact) mass is 771 g/mol. The second-order valence-electron chi connectivity index (χ2n) is 15.7. The molecule has 292 valence electrons. The van der Waals surface area contributed by atoms with E-state index in [1.807, 2.05) is 6.07 Å². The number of hydrogen-bond donors (Lipinski definition) is 2. The number of rotatable bonds is 7. The van der Waals surface area contributed by atoms with Crippen molar-refractivity contribution in [1.29, 1.82) is 0 Å². The third-order valence-corrected chi connectivity index (χ3v) is 12.1. The molecule has 17 heteroatoms. The number of piperidine rings is 1. The highest BCUT2D eigenvalue weighted by molar-refractivity contribution is 6.23. The molecule has 5 amide bonds. The summed E-state index contributed by atoms with van der Waals surface area (Å²) in [4.78, 5) is 74.8. The van der Waals surface area contributed by atoms with Crippen LogP contribution >= 0.6 is 0 Å². The maximum absolute atomic E-state index is 13.5. The van der Waals surface area contributed by atoms with Crippen LogP contribution in [-0.2, 0) is 26.1 Å². The van der Waals surface area contributed by atoms with Gasteiger partial charge in [0.1, 0.15) is 11.6 Å². The van der Waals surface area contributed by atoms with E-state index in [1.54, 1.807) is 38.4 Å². The van der Waals surface area contributed by atoms with Gasteiger partial charge < -0.3 is 15.1 Å². The number of imide groups is 2. The van der Waals surface area contributed by atoms with Crippen LogP contribution in [0.2, 0.25) is 0 Å². The Bertz CT molecular complexity index is 2170. The van der Waals surface area contributed by atoms with E-state index in [0.29, 0.717) is 17.9 Å². The highest BCUT2D eigenvalue weighted by atomic mass is 19.4. The molecule has 2 N–H and O–H groups in total. The first kappa shape index (κ1) is 37.2. The number of benzene rings is 2. The second kappa shape index (κ2) is 13.8. The van der Waals surface area contributed by atoms with Crippen LogP contribution in [0.4, 0.5) is 35.9 Å². The fraction of sp³-hybridized carbons (Fsp3) is 0.462. The quantitative estimate of drug-likeness (QED) is 0.266. The maximum atomic E-state index is 13.5. The lowest BCUT2D eigenvalue weighted by Gasteiger charge is -2.39. The van der Waals surface area contributed by atoms with Crippen molar-refractivity contribution in [3.63, 3.8) is 0 Å². The molecule has 5 aliphatic rings. The van der Waals surface area contributed by atoms with Crippen molar-refractivity contribution in [1.82, 2.24) is 24.9 Å². The molecule has 0 spiro atoms. The van der Waals surface area contributed by atoms with Gasteiger partial charge >= 0.3 is 6.18 Å². The Kier molecular flexibility index (Phi) is 9.14. The molecular weight excluding hydrogens is 731 g/mol. The topological polar surface area (TPSA) is 145 Å². The number of alkyl halides is 3. The van der Waals surface area contributed by atoms with E-state index in [0.717, 1.165) is 80.5 Å². The molecule has 56 heavy (non-hydrogen) atoms. The van der Waals surface area contributed by atoms with E-state index >= 15 is 0 Å². The van der Waals surface area contributed by atoms with Crippen molar-refractivity contribution in [2.24, 2.45) is 11.8 Å². The largest absolute Gasteiger partial charge is 0.407 e. The molecule has 8 rings (SSSR count). The summed E-state index contributed by atoms with van der Waals surface area (Å²) in [6.07, 6.45) is 1.08. The van der Waals surface area contributed by atoms with E-state index in [4.69, 9.17) is 6.57 Å². The number of amides is 5. The normalized spacial score (nSPS) is 24.3. The van der Waals surface area contributed by atoms with Gasteiger partial charge in [0.2, 0.25) is 11.8 Å². The number of piperazine rings is 1. The van der Waals surface area contributed by atoms with Gasteiger partial charge in [-0.1, -0.05) is 6.07 Å². The third kappa shape index (κ3) is 6.55. The number of nitrogens with zero attached hydrogens (tertiary/aromatic N) is 7. The van der Waals surface area contributed by atoms with Crippen molar-refractivity contribution < 1.29 is 37.1 Å². The van der Waals surface area contributed by atoms with E-state index < -0.39 is 58.5 Å². The summed E-state index contributed by atoms with van der Waals surface area (Å²) in [5.74, 6) is -1.64. The van der Waals surface area contributed by atoms with Crippen molar-refractivity contribution in [3.8, 4) is 0 Å². The van der Waals surface area contributed by atoms with Gasteiger partial charge in [-0.05, 0) is 75.3 Å². The Morgan fingerprint density at radius 1 is 0.911 bits per heavy atom. The molecule has 4 aliphatic heterocycles. The molecule has 3 atom stereocenters. The van der Waals surface area contributed by atoms with Crippen molar-refractivity contribution in [2.45, 2.75) is 63.3 Å². The first-order valence-electron chi connectivity index (χ1n) is 18.7. The number of fused-ring (bicyclic) bond motifs is 2. The van der Waals surface area contributed by atoms with Crippen LogP contribution in [-0.4, -0.2) is 100 Å². The SMILES string of the molecule is [C-]#[N+]c1ccc(NC(=O)C(C)(C)n2cc(N3CC4CC(N5CCN(c6ccc7c(c6)C(=O)N(C6CCC(=O)NC6=O)C7=O)CC5)CC4C3)cn2)cc1C(F)(F)F. The summed E-state index contributed by atoms with van der Waals surface area (Å²) >= 11 is 0. The van der Waals surface area contributed by atoms with Gasteiger partial charge in [-0.15, -0.1) is 0 Å².